The van der Waals surface area contributed by atoms with Crippen molar-refractivity contribution in [2.75, 3.05) is 6.26 Å². The van der Waals surface area contributed by atoms with Crippen LogP contribution in [0.1, 0.15) is 11.1 Å². The Labute approximate surface area is 163 Å². The lowest BCUT2D eigenvalue weighted by atomic mass is 10.1. The minimum absolute atomic E-state index is 0.138. The number of pyridine rings is 1. The fourth-order valence-electron chi connectivity index (χ4n) is 2.63. The van der Waals surface area contributed by atoms with Crippen molar-refractivity contribution < 1.29 is 8.95 Å². The number of hydrogen-bond acceptors (Lipinski definition) is 4. The molecule has 0 saturated heterocycles. The second-order valence-corrected chi connectivity index (χ2v) is 7.50. The summed E-state index contributed by atoms with van der Waals surface area (Å²) < 4.78 is 18.0. The number of halogens is 1. The summed E-state index contributed by atoms with van der Waals surface area (Å²) >= 11 is 5.88. The Balaban J connectivity index is 1.94. The van der Waals surface area contributed by atoms with E-state index in [1.807, 2.05) is 18.2 Å². The van der Waals surface area contributed by atoms with Crippen molar-refractivity contribution in [1.29, 1.82) is 5.26 Å². The second-order valence-electron chi connectivity index (χ2n) is 5.74. The van der Waals surface area contributed by atoms with E-state index in [1.54, 1.807) is 36.4 Å². The molecule has 1 unspecified atom stereocenters. The number of nitriles is 1. The fourth-order valence-corrected chi connectivity index (χ4v) is 3.67. The lowest BCUT2D eigenvalue weighted by Gasteiger charge is -2.11. The van der Waals surface area contributed by atoms with Gasteiger partial charge in [0.05, 0.1) is 15.7 Å². The number of nitrogens with zero attached hydrogens (tertiary/aromatic N) is 1. The van der Waals surface area contributed by atoms with Crippen molar-refractivity contribution in [2.45, 2.75) is 11.5 Å². The van der Waals surface area contributed by atoms with Gasteiger partial charge >= 0.3 is 0 Å². The normalized spacial score (nSPS) is 11.6. The topological polar surface area (TPSA) is 83.0 Å². The molecule has 0 aliphatic carbocycles. The van der Waals surface area contributed by atoms with Gasteiger partial charge in [-0.2, -0.15) is 5.26 Å². The zero-order chi connectivity index (χ0) is 19.4. The van der Waals surface area contributed by atoms with Gasteiger partial charge in [0.25, 0.3) is 5.56 Å². The molecule has 7 heteroatoms. The van der Waals surface area contributed by atoms with Crippen LogP contribution in [0.2, 0.25) is 5.02 Å². The number of H-pyrrole nitrogens is 1. The molecule has 0 fully saturated rings. The molecule has 0 saturated carbocycles. The summed E-state index contributed by atoms with van der Waals surface area (Å²) in [6.07, 6.45) is 2.91. The number of rotatable bonds is 5. The molecule has 0 amide bonds. The van der Waals surface area contributed by atoms with Gasteiger partial charge in [-0.3, -0.25) is 9.00 Å². The van der Waals surface area contributed by atoms with Gasteiger partial charge in [-0.1, -0.05) is 35.9 Å². The fraction of sp³-hybridized carbons (Fsp3) is 0.100. The third kappa shape index (κ3) is 4.27. The highest BCUT2D eigenvalue weighted by atomic mass is 35.5. The Morgan fingerprint density at radius 3 is 2.63 bits per heavy atom. The number of aromatic amines is 1. The van der Waals surface area contributed by atoms with Gasteiger partial charge in [0.1, 0.15) is 24.0 Å². The van der Waals surface area contributed by atoms with Crippen LogP contribution in [0.5, 0.6) is 5.75 Å². The summed E-state index contributed by atoms with van der Waals surface area (Å²) in [6.45, 7) is 0.363. The van der Waals surface area contributed by atoms with E-state index in [0.717, 1.165) is 5.56 Å². The third-order valence-corrected chi connectivity index (χ3v) is 5.16. The molecule has 1 N–H and O–H groups in total. The van der Waals surface area contributed by atoms with Crippen molar-refractivity contribution in [3.63, 3.8) is 0 Å². The number of nitrogens with one attached hydrogen (secondary N) is 1. The lowest BCUT2D eigenvalue weighted by Crippen LogP contribution is -2.14. The van der Waals surface area contributed by atoms with Gasteiger partial charge in [0.2, 0.25) is 0 Å². The highest BCUT2D eigenvalue weighted by molar-refractivity contribution is 7.84. The average molecular weight is 399 g/mol. The first-order valence-corrected chi connectivity index (χ1v) is 9.90. The molecule has 5 nitrogen and oxygen atoms in total. The Kier molecular flexibility index (Phi) is 5.75. The zero-order valence-corrected chi connectivity index (χ0v) is 15.9. The van der Waals surface area contributed by atoms with E-state index in [9.17, 15) is 14.3 Å². The summed E-state index contributed by atoms with van der Waals surface area (Å²) in [6, 6.07) is 16.4. The Bertz CT molecular complexity index is 1100. The summed E-state index contributed by atoms with van der Waals surface area (Å²) in [4.78, 5) is 14.6. The smallest absolute Gasteiger partial charge is 0.267 e. The van der Waals surface area contributed by atoms with Crippen molar-refractivity contribution >= 4 is 22.4 Å². The van der Waals surface area contributed by atoms with Gasteiger partial charge < -0.3 is 9.72 Å². The number of hydrogen-bond donors (Lipinski definition) is 1. The molecule has 2 aromatic carbocycles. The zero-order valence-electron chi connectivity index (χ0n) is 14.4. The molecule has 3 aromatic rings. The standard InChI is InChI=1S/C20H15ClN2O3S/c1-27(25)19-17(10-22)20(24)23-11-18(19)14-3-2-4-16(9-14)26-12-13-5-7-15(21)8-6-13/h2-9,11H,12H2,1H3,(H,23,24). The van der Waals surface area contributed by atoms with Crippen LogP contribution in [-0.4, -0.2) is 15.4 Å². The van der Waals surface area contributed by atoms with Gasteiger partial charge in [0, 0.05) is 23.0 Å². The van der Waals surface area contributed by atoms with Gasteiger partial charge in [0.15, 0.2) is 0 Å². The first kappa shape index (κ1) is 18.9. The van der Waals surface area contributed by atoms with Crippen LogP contribution in [0.4, 0.5) is 0 Å². The van der Waals surface area contributed by atoms with Crippen molar-refractivity contribution in [2.24, 2.45) is 0 Å². The van der Waals surface area contributed by atoms with Crippen LogP contribution in [-0.2, 0) is 17.4 Å². The van der Waals surface area contributed by atoms with Crippen LogP contribution < -0.4 is 10.3 Å². The molecular formula is C20H15ClN2O3S. The number of benzene rings is 2. The lowest BCUT2D eigenvalue weighted by molar-refractivity contribution is 0.306. The molecule has 1 aromatic heterocycles. The third-order valence-electron chi connectivity index (χ3n) is 3.91. The molecular weight excluding hydrogens is 384 g/mol. The van der Waals surface area contributed by atoms with E-state index in [1.165, 1.54) is 12.5 Å². The summed E-state index contributed by atoms with van der Waals surface area (Å²) in [5, 5.41) is 9.92. The largest absolute Gasteiger partial charge is 0.489 e. The molecule has 0 aliphatic heterocycles. The average Bonchev–Trinajstić information content (AvgIpc) is 2.67. The summed E-state index contributed by atoms with van der Waals surface area (Å²) in [7, 11) is -1.50. The molecule has 1 atom stereocenters. The van der Waals surface area contributed by atoms with Crippen LogP contribution >= 0.6 is 11.6 Å². The highest BCUT2D eigenvalue weighted by Gasteiger charge is 2.17. The van der Waals surface area contributed by atoms with E-state index >= 15 is 0 Å². The molecule has 3 rings (SSSR count). The monoisotopic (exact) mass is 398 g/mol. The maximum Gasteiger partial charge on any atom is 0.267 e. The second kappa shape index (κ2) is 8.21. The molecule has 1 heterocycles. The molecule has 27 heavy (non-hydrogen) atoms. The first-order valence-electron chi connectivity index (χ1n) is 7.96. The molecule has 0 aliphatic rings. The summed E-state index contributed by atoms with van der Waals surface area (Å²) in [5.74, 6) is 0.611. The predicted octanol–water partition coefficient (Wildman–Crippen LogP) is 3.88. The van der Waals surface area contributed by atoms with Crippen molar-refractivity contribution in [3.05, 3.63) is 81.2 Å². The van der Waals surface area contributed by atoms with E-state index in [2.05, 4.69) is 4.98 Å². The Morgan fingerprint density at radius 1 is 1.22 bits per heavy atom. The van der Waals surface area contributed by atoms with E-state index in [4.69, 9.17) is 16.3 Å². The number of aromatic nitrogens is 1. The molecule has 136 valence electrons. The highest BCUT2D eigenvalue weighted by Crippen LogP contribution is 2.29. The Hall–Kier alpha value is -2.88. The van der Waals surface area contributed by atoms with E-state index < -0.39 is 16.4 Å². The maximum atomic E-state index is 12.2. The first-order chi connectivity index (χ1) is 13.0. The van der Waals surface area contributed by atoms with E-state index in [0.29, 0.717) is 28.5 Å². The quantitative estimate of drug-likeness (QED) is 0.706. The minimum atomic E-state index is -1.50. The minimum Gasteiger partial charge on any atom is -0.489 e. The predicted molar refractivity (Wildman–Crippen MR) is 105 cm³/mol. The molecule has 0 spiro atoms. The van der Waals surface area contributed by atoms with Crippen LogP contribution in [0.3, 0.4) is 0 Å². The summed E-state index contributed by atoms with van der Waals surface area (Å²) in [5.41, 5.74) is 1.50. The maximum absolute atomic E-state index is 12.2. The van der Waals surface area contributed by atoms with Gasteiger partial charge in [-0.15, -0.1) is 0 Å². The van der Waals surface area contributed by atoms with Gasteiger partial charge in [-0.05, 0) is 35.4 Å². The van der Waals surface area contributed by atoms with E-state index in [-0.39, 0.29) is 10.5 Å². The Morgan fingerprint density at radius 2 is 1.96 bits per heavy atom. The molecule has 0 bridgehead atoms. The van der Waals surface area contributed by atoms with Crippen LogP contribution in [0.25, 0.3) is 11.1 Å². The van der Waals surface area contributed by atoms with Crippen molar-refractivity contribution in [1.82, 2.24) is 4.98 Å². The van der Waals surface area contributed by atoms with Gasteiger partial charge in [-0.25, -0.2) is 0 Å². The number of ether oxygens (including phenoxy) is 1. The SMILES string of the molecule is CS(=O)c1c(-c2cccc(OCc3ccc(Cl)cc3)c2)c[nH]c(=O)c1C#N. The van der Waals surface area contributed by atoms with Crippen LogP contribution in [0.15, 0.2) is 64.4 Å². The van der Waals surface area contributed by atoms with Crippen LogP contribution in [0, 0.1) is 11.3 Å². The molecule has 0 radical (unpaired) electrons. The van der Waals surface area contributed by atoms with Crippen molar-refractivity contribution in [3.8, 4) is 22.9 Å².